The summed E-state index contributed by atoms with van der Waals surface area (Å²) in [5.74, 6) is 0.934. The van der Waals surface area contributed by atoms with E-state index in [0.717, 1.165) is 9.90 Å². The zero-order chi connectivity index (χ0) is 12.3. The average molecular weight is 269 g/mol. The van der Waals surface area contributed by atoms with Crippen LogP contribution in [-0.2, 0) is 0 Å². The fourth-order valence-electron chi connectivity index (χ4n) is 1.11. The number of ether oxygens (including phenoxy) is 2. The maximum Gasteiger partial charge on any atom is 0.220 e. The zero-order valence-corrected chi connectivity index (χ0v) is 11.0. The molecule has 0 aliphatic carbocycles. The molecule has 0 aliphatic rings. The molecule has 0 amide bonds. The molecule has 7 heteroatoms. The molecule has 0 aliphatic heterocycles. The van der Waals surface area contributed by atoms with Crippen molar-refractivity contribution in [1.29, 1.82) is 0 Å². The number of aromatic nitrogens is 2. The van der Waals surface area contributed by atoms with Crippen LogP contribution in [-0.4, -0.2) is 24.2 Å². The van der Waals surface area contributed by atoms with Crippen LogP contribution < -0.4 is 15.2 Å². The van der Waals surface area contributed by atoms with Crippen LogP contribution in [0.3, 0.4) is 0 Å². The summed E-state index contributed by atoms with van der Waals surface area (Å²) in [4.78, 5) is 8.43. The number of nitrogen functional groups attached to an aromatic ring is 1. The van der Waals surface area contributed by atoms with E-state index in [4.69, 9.17) is 15.2 Å². The van der Waals surface area contributed by atoms with Gasteiger partial charge in [-0.25, -0.2) is 0 Å². The summed E-state index contributed by atoms with van der Waals surface area (Å²) in [6.45, 7) is 0. The second kappa shape index (κ2) is 5.24. The van der Waals surface area contributed by atoms with Gasteiger partial charge < -0.3 is 15.2 Å². The Hall–Kier alpha value is -1.47. The van der Waals surface area contributed by atoms with Crippen LogP contribution in [0.2, 0.25) is 0 Å². The first-order valence-electron chi connectivity index (χ1n) is 4.71. The Balaban J connectivity index is 2.29. The molecule has 0 fully saturated rings. The second-order valence-corrected chi connectivity index (χ2v) is 5.15. The molecule has 0 aromatic carbocycles. The highest BCUT2D eigenvalue weighted by Crippen LogP contribution is 2.35. The lowest BCUT2D eigenvalue weighted by Gasteiger charge is -2.05. The van der Waals surface area contributed by atoms with Crippen LogP contribution in [0.5, 0.6) is 11.8 Å². The largest absolute Gasteiger partial charge is 0.481 e. The molecule has 2 heterocycles. The highest BCUT2D eigenvalue weighted by atomic mass is 32.2. The number of nitrogens with two attached hydrogens (primary N) is 1. The van der Waals surface area contributed by atoms with Gasteiger partial charge in [-0.15, -0.1) is 11.3 Å². The van der Waals surface area contributed by atoms with Crippen molar-refractivity contribution >= 4 is 28.8 Å². The van der Waals surface area contributed by atoms with Crippen LogP contribution >= 0.6 is 23.1 Å². The molecule has 0 bridgehead atoms. The second-order valence-electron chi connectivity index (χ2n) is 3.00. The molecule has 0 radical (unpaired) electrons. The topological polar surface area (TPSA) is 70.3 Å². The third kappa shape index (κ3) is 2.80. The minimum atomic E-state index is 0.467. The average Bonchev–Trinajstić information content (AvgIpc) is 2.74. The number of nitrogens with zero attached hydrogens (tertiary/aromatic N) is 2. The van der Waals surface area contributed by atoms with Crippen molar-refractivity contribution in [3.63, 3.8) is 0 Å². The van der Waals surface area contributed by atoms with Crippen LogP contribution in [0.25, 0.3) is 0 Å². The fourth-order valence-corrected chi connectivity index (χ4v) is 2.86. The molecule has 2 aromatic rings. The Kier molecular flexibility index (Phi) is 3.70. The summed E-state index contributed by atoms with van der Waals surface area (Å²) in [5.41, 5.74) is 6.53. The molecule has 5 nitrogen and oxygen atoms in total. The van der Waals surface area contributed by atoms with E-state index in [0.29, 0.717) is 16.9 Å². The molecule has 2 N–H and O–H groups in total. The first-order valence-corrected chi connectivity index (χ1v) is 6.40. The maximum absolute atomic E-state index is 5.80. The lowest BCUT2D eigenvalue weighted by Crippen LogP contribution is -1.96. The molecule has 17 heavy (non-hydrogen) atoms. The smallest absolute Gasteiger partial charge is 0.220 e. The van der Waals surface area contributed by atoms with E-state index in [1.165, 1.54) is 11.8 Å². The van der Waals surface area contributed by atoms with Gasteiger partial charge in [0.2, 0.25) is 11.8 Å². The minimum Gasteiger partial charge on any atom is -0.481 e. The Labute approximate surface area is 107 Å². The fraction of sp³-hybridized carbons (Fsp3) is 0.200. The number of hydrogen-bond donors (Lipinski definition) is 1. The number of methoxy groups -OCH3 is 2. The Bertz CT molecular complexity index is 494. The third-order valence-electron chi connectivity index (χ3n) is 1.92. The Morgan fingerprint density at radius 2 is 1.88 bits per heavy atom. The monoisotopic (exact) mass is 269 g/mol. The molecule has 0 saturated carbocycles. The quantitative estimate of drug-likeness (QED) is 0.859. The van der Waals surface area contributed by atoms with Crippen molar-refractivity contribution in [2.75, 3.05) is 20.0 Å². The summed E-state index contributed by atoms with van der Waals surface area (Å²) in [6, 6.07) is 3.48. The SMILES string of the molecule is COc1cc(OC)nc(Sc2sccc2N)n1. The van der Waals surface area contributed by atoms with Crippen LogP contribution in [0.15, 0.2) is 26.9 Å². The standard InChI is InChI=1S/C10H11N3O2S2/c1-14-7-5-8(15-2)13-10(12-7)17-9-6(11)3-4-16-9/h3-5H,11H2,1-2H3. The van der Waals surface area contributed by atoms with Gasteiger partial charge in [-0.2, -0.15) is 9.97 Å². The van der Waals surface area contributed by atoms with Crippen molar-refractivity contribution < 1.29 is 9.47 Å². The first kappa shape index (κ1) is 12.0. The highest BCUT2D eigenvalue weighted by molar-refractivity contribution is 8.01. The highest BCUT2D eigenvalue weighted by Gasteiger charge is 2.09. The van der Waals surface area contributed by atoms with E-state index >= 15 is 0 Å². The molecule has 90 valence electrons. The maximum atomic E-state index is 5.80. The number of thiophene rings is 1. The molecular formula is C10H11N3O2S2. The van der Waals surface area contributed by atoms with Gasteiger partial charge >= 0.3 is 0 Å². The van der Waals surface area contributed by atoms with Crippen LogP contribution in [0.1, 0.15) is 0 Å². The van der Waals surface area contributed by atoms with Crippen molar-refractivity contribution in [3.05, 3.63) is 17.5 Å². The molecule has 0 atom stereocenters. The van der Waals surface area contributed by atoms with Crippen LogP contribution in [0.4, 0.5) is 5.69 Å². The predicted molar refractivity (Wildman–Crippen MR) is 68.0 cm³/mol. The summed E-state index contributed by atoms with van der Waals surface area (Å²) in [5, 5.41) is 2.48. The lowest BCUT2D eigenvalue weighted by molar-refractivity contribution is 0.364. The van der Waals surface area contributed by atoms with Crippen molar-refractivity contribution in [2.45, 2.75) is 9.37 Å². The third-order valence-corrected chi connectivity index (χ3v) is 3.97. The van der Waals surface area contributed by atoms with E-state index in [2.05, 4.69) is 9.97 Å². The number of anilines is 1. The van der Waals surface area contributed by atoms with Gasteiger partial charge in [0, 0.05) is 0 Å². The van der Waals surface area contributed by atoms with E-state index in [9.17, 15) is 0 Å². The summed E-state index contributed by atoms with van der Waals surface area (Å²) in [6.07, 6.45) is 0. The zero-order valence-electron chi connectivity index (χ0n) is 9.34. The first-order chi connectivity index (χ1) is 8.22. The van der Waals surface area contributed by atoms with Crippen LogP contribution in [0, 0.1) is 0 Å². The molecule has 0 spiro atoms. The van der Waals surface area contributed by atoms with Crippen molar-refractivity contribution in [3.8, 4) is 11.8 Å². The number of rotatable bonds is 4. The van der Waals surface area contributed by atoms with Gasteiger partial charge in [0.05, 0.1) is 30.2 Å². The minimum absolute atomic E-state index is 0.467. The Morgan fingerprint density at radius 1 is 1.24 bits per heavy atom. The van der Waals surface area contributed by atoms with Gasteiger partial charge in [-0.1, -0.05) is 0 Å². The van der Waals surface area contributed by atoms with E-state index < -0.39 is 0 Å². The number of hydrogen-bond acceptors (Lipinski definition) is 7. The van der Waals surface area contributed by atoms with Crippen molar-refractivity contribution in [2.24, 2.45) is 0 Å². The summed E-state index contributed by atoms with van der Waals surface area (Å²) in [7, 11) is 3.10. The van der Waals surface area contributed by atoms with Gasteiger partial charge in [0.1, 0.15) is 0 Å². The lowest BCUT2D eigenvalue weighted by atomic mass is 10.6. The van der Waals surface area contributed by atoms with Gasteiger partial charge in [0.15, 0.2) is 5.16 Å². The molecule has 2 rings (SSSR count). The Morgan fingerprint density at radius 3 is 2.35 bits per heavy atom. The summed E-state index contributed by atoms with van der Waals surface area (Å²) < 4.78 is 11.1. The van der Waals surface area contributed by atoms with Gasteiger partial charge in [0.25, 0.3) is 0 Å². The molecule has 0 unspecified atom stereocenters. The summed E-state index contributed by atoms with van der Waals surface area (Å²) >= 11 is 2.94. The van der Waals surface area contributed by atoms with E-state index in [-0.39, 0.29) is 0 Å². The van der Waals surface area contributed by atoms with E-state index in [1.54, 1.807) is 31.6 Å². The van der Waals surface area contributed by atoms with Crippen molar-refractivity contribution in [1.82, 2.24) is 9.97 Å². The van der Waals surface area contributed by atoms with Gasteiger partial charge in [-0.3, -0.25) is 0 Å². The molecular weight excluding hydrogens is 258 g/mol. The molecule has 2 aromatic heterocycles. The normalized spacial score (nSPS) is 10.2. The van der Waals surface area contributed by atoms with E-state index in [1.807, 2.05) is 11.4 Å². The van der Waals surface area contributed by atoms with Gasteiger partial charge in [-0.05, 0) is 23.2 Å². The molecule has 0 saturated heterocycles. The predicted octanol–water partition coefficient (Wildman–Crippen LogP) is 2.29.